The predicted molar refractivity (Wildman–Crippen MR) is 67.1 cm³/mol. The number of hydrogen-bond donors (Lipinski definition) is 1. The third kappa shape index (κ3) is 2.28. The van der Waals surface area contributed by atoms with Gasteiger partial charge in [0.1, 0.15) is 0 Å². The molecule has 0 amide bonds. The van der Waals surface area contributed by atoms with Gasteiger partial charge in [0.05, 0.1) is 0 Å². The lowest BCUT2D eigenvalue weighted by Gasteiger charge is -2.12. The molecule has 0 unspecified atom stereocenters. The van der Waals surface area contributed by atoms with Gasteiger partial charge in [-0.05, 0) is 48.9 Å². The van der Waals surface area contributed by atoms with Crippen LogP contribution < -0.4 is 5.32 Å². The molecule has 2 nitrogen and oxygen atoms in total. The highest BCUT2D eigenvalue weighted by atomic mass is 14.8. The van der Waals surface area contributed by atoms with Crippen molar-refractivity contribution in [3.63, 3.8) is 0 Å². The summed E-state index contributed by atoms with van der Waals surface area (Å²) in [7, 11) is 1.98. The number of nitrogens with one attached hydrogen (secondary N) is 1. The van der Waals surface area contributed by atoms with Gasteiger partial charge in [-0.3, -0.25) is 4.98 Å². The minimum Gasteiger partial charge on any atom is -0.313 e. The van der Waals surface area contributed by atoms with Crippen molar-refractivity contribution in [2.75, 3.05) is 7.05 Å². The second-order valence-corrected chi connectivity index (χ2v) is 3.87. The van der Waals surface area contributed by atoms with Gasteiger partial charge in [-0.2, -0.15) is 0 Å². The summed E-state index contributed by atoms with van der Waals surface area (Å²) in [5.41, 5.74) is 3.75. The van der Waals surface area contributed by atoms with Crippen molar-refractivity contribution in [2.24, 2.45) is 0 Å². The van der Waals surface area contributed by atoms with Gasteiger partial charge in [0.2, 0.25) is 0 Å². The Hall–Kier alpha value is -1.67. The summed E-state index contributed by atoms with van der Waals surface area (Å²) in [5, 5.41) is 3.25. The number of benzene rings is 1. The van der Waals surface area contributed by atoms with Crippen LogP contribution >= 0.6 is 0 Å². The van der Waals surface area contributed by atoms with Crippen molar-refractivity contribution in [2.45, 2.75) is 13.0 Å². The molecule has 82 valence electrons. The Labute approximate surface area is 96.4 Å². The quantitative estimate of drug-likeness (QED) is 0.846. The van der Waals surface area contributed by atoms with Crippen LogP contribution in [0.2, 0.25) is 0 Å². The molecule has 0 aliphatic carbocycles. The zero-order valence-corrected chi connectivity index (χ0v) is 9.64. The van der Waals surface area contributed by atoms with Crippen molar-refractivity contribution in [1.29, 1.82) is 0 Å². The Balaban J connectivity index is 2.36. The van der Waals surface area contributed by atoms with E-state index in [2.05, 4.69) is 41.5 Å². The molecule has 0 saturated carbocycles. The monoisotopic (exact) mass is 212 g/mol. The molecule has 2 rings (SSSR count). The van der Waals surface area contributed by atoms with E-state index in [0.29, 0.717) is 6.04 Å². The lowest BCUT2D eigenvalue weighted by atomic mass is 10.0. The van der Waals surface area contributed by atoms with E-state index in [1.54, 1.807) is 0 Å². The van der Waals surface area contributed by atoms with E-state index in [-0.39, 0.29) is 0 Å². The fourth-order valence-electron chi connectivity index (χ4n) is 1.70. The summed E-state index contributed by atoms with van der Waals surface area (Å²) in [6, 6.07) is 13.0. The predicted octanol–water partition coefficient (Wildman–Crippen LogP) is 3.03. The lowest BCUT2D eigenvalue weighted by Crippen LogP contribution is -2.12. The molecule has 1 aromatic carbocycles. The SMILES string of the molecule is CN[C@H](C)c1cccc(-c2ccncc2)c1. The van der Waals surface area contributed by atoms with Crippen LogP contribution in [0.1, 0.15) is 18.5 Å². The first-order valence-electron chi connectivity index (χ1n) is 5.49. The van der Waals surface area contributed by atoms with Crippen LogP contribution in [0.25, 0.3) is 11.1 Å². The molecule has 1 N–H and O–H groups in total. The largest absolute Gasteiger partial charge is 0.313 e. The number of nitrogens with zero attached hydrogens (tertiary/aromatic N) is 1. The van der Waals surface area contributed by atoms with E-state index in [9.17, 15) is 0 Å². The van der Waals surface area contributed by atoms with Crippen molar-refractivity contribution in [3.05, 3.63) is 54.4 Å². The normalized spacial score (nSPS) is 12.4. The summed E-state index contributed by atoms with van der Waals surface area (Å²) < 4.78 is 0. The molecule has 0 radical (unpaired) electrons. The summed E-state index contributed by atoms with van der Waals surface area (Å²) in [6.07, 6.45) is 3.65. The van der Waals surface area contributed by atoms with Gasteiger partial charge in [-0.15, -0.1) is 0 Å². The summed E-state index contributed by atoms with van der Waals surface area (Å²) >= 11 is 0. The minimum atomic E-state index is 0.377. The Bertz CT molecular complexity index is 451. The van der Waals surface area contributed by atoms with Gasteiger partial charge < -0.3 is 5.32 Å². The smallest absolute Gasteiger partial charge is 0.0289 e. The highest BCUT2D eigenvalue weighted by Crippen LogP contribution is 2.22. The number of rotatable bonds is 3. The van der Waals surface area contributed by atoms with E-state index in [1.807, 2.05) is 31.6 Å². The Kier molecular flexibility index (Phi) is 3.32. The number of aromatic nitrogens is 1. The van der Waals surface area contributed by atoms with Gasteiger partial charge >= 0.3 is 0 Å². The van der Waals surface area contributed by atoms with E-state index >= 15 is 0 Å². The maximum Gasteiger partial charge on any atom is 0.0289 e. The molecule has 1 aromatic heterocycles. The van der Waals surface area contributed by atoms with Crippen LogP contribution in [0.3, 0.4) is 0 Å². The lowest BCUT2D eigenvalue weighted by molar-refractivity contribution is 0.652. The number of pyridine rings is 1. The first-order chi connectivity index (χ1) is 7.81. The second kappa shape index (κ2) is 4.90. The van der Waals surface area contributed by atoms with Crippen LogP contribution in [-0.2, 0) is 0 Å². The zero-order valence-electron chi connectivity index (χ0n) is 9.64. The Morgan fingerprint density at radius 3 is 2.50 bits per heavy atom. The van der Waals surface area contributed by atoms with E-state index < -0.39 is 0 Å². The van der Waals surface area contributed by atoms with Crippen molar-refractivity contribution in [3.8, 4) is 11.1 Å². The zero-order chi connectivity index (χ0) is 11.4. The molecule has 0 bridgehead atoms. The molecule has 2 heteroatoms. The molecule has 0 spiro atoms. The first-order valence-corrected chi connectivity index (χ1v) is 5.49. The van der Waals surface area contributed by atoms with Crippen molar-refractivity contribution < 1.29 is 0 Å². The topological polar surface area (TPSA) is 24.9 Å². The minimum absolute atomic E-state index is 0.377. The van der Waals surface area contributed by atoms with E-state index in [1.165, 1.54) is 16.7 Å². The van der Waals surface area contributed by atoms with Crippen LogP contribution in [0, 0.1) is 0 Å². The maximum absolute atomic E-state index is 4.03. The van der Waals surface area contributed by atoms with Crippen molar-refractivity contribution >= 4 is 0 Å². The average Bonchev–Trinajstić information content (AvgIpc) is 2.39. The molecular weight excluding hydrogens is 196 g/mol. The molecular formula is C14H16N2. The van der Waals surface area contributed by atoms with Gasteiger partial charge in [0.25, 0.3) is 0 Å². The fourth-order valence-corrected chi connectivity index (χ4v) is 1.70. The summed E-state index contributed by atoms with van der Waals surface area (Å²) in [5.74, 6) is 0. The van der Waals surface area contributed by atoms with Gasteiger partial charge in [0.15, 0.2) is 0 Å². The molecule has 0 fully saturated rings. The fraction of sp³-hybridized carbons (Fsp3) is 0.214. The van der Waals surface area contributed by atoms with E-state index in [4.69, 9.17) is 0 Å². The van der Waals surface area contributed by atoms with Crippen molar-refractivity contribution in [1.82, 2.24) is 10.3 Å². The van der Waals surface area contributed by atoms with Crippen LogP contribution in [0.15, 0.2) is 48.8 Å². The molecule has 2 aromatic rings. The first kappa shape index (κ1) is 10.8. The summed E-state index contributed by atoms with van der Waals surface area (Å²) in [6.45, 7) is 2.16. The van der Waals surface area contributed by atoms with Gasteiger partial charge in [0, 0.05) is 18.4 Å². The third-order valence-electron chi connectivity index (χ3n) is 2.83. The maximum atomic E-state index is 4.03. The molecule has 0 aliphatic heterocycles. The second-order valence-electron chi connectivity index (χ2n) is 3.87. The molecule has 1 atom stereocenters. The third-order valence-corrected chi connectivity index (χ3v) is 2.83. The van der Waals surface area contributed by atoms with Crippen LogP contribution in [0.4, 0.5) is 0 Å². The number of hydrogen-bond acceptors (Lipinski definition) is 2. The van der Waals surface area contributed by atoms with Gasteiger partial charge in [-0.25, -0.2) is 0 Å². The van der Waals surface area contributed by atoms with Crippen LogP contribution in [0.5, 0.6) is 0 Å². The molecule has 0 aliphatic rings. The van der Waals surface area contributed by atoms with E-state index in [0.717, 1.165) is 0 Å². The molecule has 1 heterocycles. The van der Waals surface area contributed by atoms with Crippen LogP contribution in [-0.4, -0.2) is 12.0 Å². The Morgan fingerprint density at radius 1 is 1.06 bits per heavy atom. The molecule has 16 heavy (non-hydrogen) atoms. The highest BCUT2D eigenvalue weighted by molar-refractivity contribution is 5.63. The Morgan fingerprint density at radius 2 is 1.81 bits per heavy atom. The molecule has 0 saturated heterocycles. The standard InChI is InChI=1S/C14H16N2/c1-11(15-2)13-4-3-5-14(10-13)12-6-8-16-9-7-12/h3-11,15H,1-2H3/t11-/m1/s1. The highest BCUT2D eigenvalue weighted by Gasteiger charge is 2.03. The average molecular weight is 212 g/mol. The summed E-state index contributed by atoms with van der Waals surface area (Å²) in [4.78, 5) is 4.03. The van der Waals surface area contributed by atoms with Gasteiger partial charge in [-0.1, -0.05) is 18.2 Å².